The number of carbonyl (C=O) groups excluding carboxylic acids is 1. The highest BCUT2D eigenvalue weighted by Crippen LogP contribution is 2.27. The van der Waals surface area contributed by atoms with Gasteiger partial charge >= 0.3 is 0 Å². The van der Waals surface area contributed by atoms with E-state index >= 15 is 0 Å². The zero-order valence-electron chi connectivity index (χ0n) is 14.3. The summed E-state index contributed by atoms with van der Waals surface area (Å²) in [6.07, 6.45) is 3.72. The highest BCUT2D eigenvalue weighted by Gasteiger charge is 2.30. The van der Waals surface area contributed by atoms with Gasteiger partial charge in [-0.25, -0.2) is 13.2 Å². The van der Waals surface area contributed by atoms with Crippen LogP contribution in [0.1, 0.15) is 36.3 Å². The van der Waals surface area contributed by atoms with Gasteiger partial charge in [-0.2, -0.15) is 0 Å². The minimum atomic E-state index is -1.25. The molecule has 1 aliphatic heterocycles. The molecule has 2 aromatic rings. The zero-order chi connectivity index (χ0) is 18.8. The second kappa shape index (κ2) is 7.41. The Balaban J connectivity index is 1.66. The van der Waals surface area contributed by atoms with Crippen LogP contribution in [-0.2, 0) is 17.6 Å². The van der Waals surface area contributed by atoms with Gasteiger partial charge in [-0.05, 0) is 25.0 Å². The second-order valence-electron chi connectivity index (χ2n) is 6.43. The SMILES string of the molecule is CC1c2nccnc2CCN1C(=O)C[C@H](N)Cc1cc(F)c(F)cc1F. The molecule has 8 heteroatoms. The molecule has 2 N–H and O–H groups in total. The molecule has 2 heterocycles. The van der Waals surface area contributed by atoms with Crippen LogP contribution in [0.4, 0.5) is 13.2 Å². The maximum Gasteiger partial charge on any atom is 0.224 e. The quantitative estimate of drug-likeness (QED) is 0.845. The Morgan fingerprint density at radius 2 is 1.92 bits per heavy atom. The highest BCUT2D eigenvalue weighted by molar-refractivity contribution is 5.77. The van der Waals surface area contributed by atoms with Crippen molar-refractivity contribution in [2.75, 3.05) is 6.54 Å². The molecule has 0 saturated heterocycles. The number of nitrogens with zero attached hydrogens (tertiary/aromatic N) is 3. The molecule has 138 valence electrons. The molecule has 0 radical (unpaired) electrons. The van der Waals surface area contributed by atoms with Crippen molar-refractivity contribution in [1.29, 1.82) is 0 Å². The maximum absolute atomic E-state index is 13.7. The Kier molecular flexibility index (Phi) is 5.22. The van der Waals surface area contributed by atoms with E-state index in [0.717, 1.165) is 17.5 Å². The van der Waals surface area contributed by atoms with Crippen molar-refractivity contribution in [1.82, 2.24) is 14.9 Å². The largest absolute Gasteiger partial charge is 0.334 e. The van der Waals surface area contributed by atoms with Crippen molar-refractivity contribution in [3.05, 3.63) is 58.9 Å². The molecule has 1 aromatic carbocycles. The molecule has 1 unspecified atom stereocenters. The van der Waals surface area contributed by atoms with Crippen molar-refractivity contribution in [3.63, 3.8) is 0 Å². The van der Waals surface area contributed by atoms with Crippen molar-refractivity contribution < 1.29 is 18.0 Å². The summed E-state index contributed by atoms with van der Waals surface area (Å²) in [6.45, 7) is 2.36. The average molecular weight is 364 g/mol. The minimum Gasteiger partial charge on any atom is -0.334 e. The number of carbonyl (C=O) groups is 1. The number of rotatable bonds is 4. The number of halogens is 3. The second-order valence-corrected chi connectivity index (χ2v) is 6.43. The van der Waals surface area contributed by atoms with Crippen LogP contribution < -0.4 is 5.73 Å². The van der Waals surface area contributed by atoms with Crippen LogP contribution in [0.5, 0.6) is 0 Å². The normalized spacial score (nSPS) is 17.7. The van der Waals surface area contributed by atoms with Gasteiger partial charge in [-0.1, -0.05) is 0 Å². The Hall–Kier alpha value is -2.48. The van der Waals surface area contributed by atoms with Crippen LogP contribution >= 0.6 is 0 Å². The molecular formula is C18H19F3N4O. The van der Waals surface area contributed by atoms with Crippen LogP contribution in [0.3, 0.4) is 0 Å². The van der Waals surface area contributed by atoms with Gasteiger partial charge in [0.05, 0.1) is 17.4 Å². The fraction of sp³-hybridized carbons (Fsp3) is 0.389. The molecule has 2 atom stereocenters. The number of fused-ring (bicyclic) bond motifs is 1. The number of aromatic nitrogens is 2. The van der Waals surface area contributed by atoms with Gasteiger partial charge in [0.25, 0.3) is 0 Å². The van der Waals surface area contributed by atoms with E-state index in [1.807, 2.05) is 6.92 Å². The first kappa shape index (κ1) is 18.3. The van der Waals surface area contributed by atoms with Crippen molar-refractivity contribution >= 4 is 5.91 Å². The van der Waals surface area contributed by atoms with Crippen LogP contribution in [0, 0.1) is 17.5 Å². The van der Waals surface area contributed by atoms with Gasteiger partial charge in [0.15, 0.2) is 11.6 Å². The standard InChI is InChI=1S/C18H19F3N4O/c1-10-18-16(23-3-4-24-18)2-5-25(10)17(26)8-12(22)6-11-7-14(20)15(21)9-13(11)19/h3-4,7,9-10,12H,2,5-6,8,22H2,1H3/t10?,12-/m1/s1. The molecule has 1 amide bonds. The Morgan fingerprint density at radius 1 is 1.23 bits per heavy atom. The van der Waals surface area contributed by atoms with Crippen molar-refractivity contribution in [2.24, 2.45) is 5.73 Å². The molecule has 1 aromatic heterocycles. The summed E-state index contributed by atoms with van der Waals surface area (Å²) >= 11 is 0. The topological polar surface area (TPSA) is 72.1 Å². The third kappa shape index (κ3) is 3.70. The van der Waals surface area contributed by atoms with Crippen LogP contribution in [-0.4, -0.2) is 33.4 Å². The van der Waals surface area contributed by atoms with Crippen LogP contribution in [0.15, 0.2) is 24.5 Å². The lowest BCUT2D eigenvalue weighted by atomic mass is 9.99. The first-order chi connectivity index (χ1) is 12.4. The fourth-order valence-corrected chi connectivity index (χ4v) is 3.24. The predicted octanol–water partition coefficient (Wildman–Crippen LogP) is 2.30. The number of amides is 1. The molecule has 0 aliphatic carbocycles. The number of nitrogens with two attached hydrogens (primary N) is 1. The molecule has 0 spiro atoms. The summed E-state index contributed by atoms with van der Waals surface area (Å²) in [5.74, 6) is -3.45. The monoisotopic (exact) mass is 364 g/mol. The minimum absolute atomic E-state index is 0.0294. The van der Waals surface area contributed by atoms with E-state index in [2.05, 4.69) is 9.97 Å². The zero-order valence-corrected chi connectivity index (χ0v) is 14.3. The van der Waals surface area contributed by atoms with Crippen molar-refractivity contribution in [2.45, 2.75) is 38.3 Å². The van der Waals surface area contributed by atoms with Crippen LogP contribution in [0.25, 0.3) is 0 Å². The molecule has 0 saturated carbocycles. The Morgan fingerprint density at radius 3 is 2.69 bits per heavy atom. The summed E-state index contributed by atoms with van der Waals surface area (Å²) in [6, 6.07) is 0.329. The summed E-state index contributed by atoms with van der Waals surface area (Å²) in [7, 11) is 0. The van der Waals surface area contributed by atoms with Gasteiger partial charge < -0.3 is 10.6 Å². The Bertz CT molecular complexity index is 830. The first-order valence-electron chi connectivity index (χ1n) is 8.35. The number of benzene rings is 1. The summed E-state index contributed by atoms with van der Waals surface area (Å²) in [5.41, 5.74) is 7.53. The lowest BCUT2D eigenvalue weighted by molar-refractivity contribution is -0.134. The highest BCUT2D eigenvalue weighted by atomic mass is 19.2. The first-order valence-corrected chi connectivity index (χ1v) is 8.35. The van der Waals surface area contributed by atoms with E-state index in [1.165, 1.54) is 0 Å². The fourth-order valence-electron chi connectivity index (χ4n) is 3.24. The van der Waals surface area contributed by atoms with Gasteiger partial charge in [0, 0.05) is 43.9 Å². The maximum atomic E-state index is 13.7. The molecule has 26 heavy (non-hydrogen) atoms. The summed E-state index contributed by atoms with van der Waals surface area (Å²) < 4.78 is 40.0. The van der Waals surface area contributed by atoms with Gasteiger partial charge in [-0.3, -0.25) is 14.8 Å². The number of hydrogen-bond acceptors (Lipinski definition) is 4. The van der Waals surface area contributed by atoms with Gasteiger partial charge in [-0.15, -0.1) is 0 Å². The summed E-state index contributed by atoms with van der Waals surface area (Å²) in [5, 5.41) is 0. The van der Waals surface area contributed by atoms with Crippen LogP contribution in [0.2, 0.25) is 0 Å². The molecular weight excluding hydrogens is 345 g/mol. The van der Waals surface area contributed by atoms with E-state index < -0.39 is 23.5 Å². The smallest absolute Gasteiger partial charge is 0.224 e. The average Bonchev–Trinajstić information content (AvgIpc) is 2.60. The van der Waals surface area contributed by atoms with E-state index in [0.29, 0.717) is 19.0 Å². The third-order valence-corrected chi connectivity index (χ3v) is 4.59. The molecule has 1 aliphatic rings. The van der Waals surface area contributed by atoms with E-state index in [-0.39, 0.29) is 30.4 Å². The molecule has 3 rings (SSSR count). The predicted molar refractivity (Wildman–Crippen MR) is 88.5 cm³/mol. The Labute approximate surface area is 149 Å². The van der Waals surface area contributed by atoms with Gasteiger partial charge in [0.2, 0.25) is 5.91 Å². The lowest BCUT2D eigenvalue weighted by Gasteiger charge is -2.34. The van der Waals surface area contributed by atoms with Gasteiger partial charge in [0.1, 0.15) is 5.82 Å². The number of hydrogen-bond donors (Lipinski definition) is 1. The van der Waals surface area contributed by atoms with Crippen molar-refractivity contribution in [3.8, 4) is 0 Å². The lowest BCUT2D eigenvalue weighted by Crippen LogP contribution is -2.42. The summed E-state index contributed by atoms with van der Waals surface area (Å²) in [4.78, 5) is 22.8. The molecule has 0 bridgehead atoms. The van der Waals surface area contributed by atoms with E-state index in [4.69, 9.17) is 5.73 Å². The third-order valence-electron chi connectivity index (χ3n) is 4.59. The molecule has 5 nitrogen and oxygen atoms in total. The van der Waals surface area contributed by atoms with E-state index in [9.17, 15) is 18.0 Å². The molecule has 0 fully saturated rings. The van der Waals surface area contributed by atoms with E-state index in [1.54, 1.807) is 17.3 Å².